The Bertz CT molecular complexity index is 701. The van der Waals surface area contributed by atoms with Gasteiger partial charge in [-0.25, -0.2) is 4.98 Å². The molecule has 0 aliphatic carbocycles. The Balaban J connectivity index is 1.94. The average molecular weight is 303 g/mol. The number of hydrogen-bond donors (Lipinski definition) is 1. The molecule has 0 bridgehead atoms. The minimum absolute atomic E-state index is 0.300. The molecule has 0 aromatic carbocycles. The van der Waals surface area contributed by atoms with Crippen molar-refractivity contribution in [1.82, 2.24) is 19.6 Å². The first-order chi connectivity index (χ1) is 10.4. The number of fused-ring (bicyclic) bond motifs is 1. The molecule has 3 rings (SSSR count). The molecule has 1 fully saturated rings. The summed E-state index contributed by atoms with van der Waals surface area (Å²) in [6, 6.07) is 2.04. The highest BCUT2D eigenvalue weighted by Crippen LogP contribution is 2.33. The third-order valence-corrected chi connectivity index (χ3v) is 4.55. The Labute approximate surface area is 129 Å². The maximum Gasteiger partial charge on any atom is 0.309 e. The second-order valence-electron chi connectivity index (χ2n) is 6.52. The predicted octanol–water partition coefficient (Wildman–Crippen LogP) is 1.94. The molecule has 7 nitrogen and oxygen atoms in total. The van der Waals surface area contributed by atoms with E-state index in [0.717, 1.165) is 11.5 Å². The van der Waals surface area contributed by atoms with Gasteiger partial charge < -0.3 is 10.0 Å². The lowest BCUT2D eigenvalue weighted by molar-refractivity contribution is -0.149. The van der Waals surface area contributed by atoms with Gasteiger partial charge in [-0.05, 0) is 25.7 Å². The molecule has 1 N–H and O–H groups in total. The fourth-order valence-corrected chi connectivity index (χ4v) is 2.78. The van der Waals surface area contributed by atoms with E-state index in [1.807, 2.05) is 13.0 Å². The molecular weight excluding hydrogens is 282 g/mol. The van der Waals surface area contributed by atoms with Crippen molar-refractivity contribution in [3.63, 3.8) is 0 Å². The third-order valence-electron chi connectivity index (χ3n) is 4.55. The number of aromatic nitrogens is 4. The zero-order chi connectivity index (χ0) is 15.9. The fourth-order valence-electron chi connectivity index (χ4n) is 2.78. The second-order valence-corrected chi connectivity index (χ2v) is 6.52. The van der Waals surface area contributed by atoms with E-state index in [1.165, 1.54) is 6.33 Å². The first-order valence-electron chi connectivity index (χ1n) is 7.60. The molecular formula is C15H21N5O2. The maximum absolute atomic E-state index is 11.4. The van der Waals surface area contributed by atoms with Crippen LogP contribution < -0.4 is 4.90 Å². The van der Waals surface area contributed by atoms with E-state index >= 15 is 0 Å². The maximum atomic E-state index is 11.4. The van der Waals surface area contributed by atoms with Crippen LogP contribution in [0.25, 0.3) is 5.78 Å². The van der Waals surface area contributed by atoms with Gasteiger partial charge in [0.05, 0.1) is 11.1 Å². The van der Waals surface area contributed by atoms with Crippen molar-refractivity contribution in [3.05, 3.63) is 18.1 Å². The fraction of sp³-hybridized carbons (Fsp3) is 0.600. The molecule has 0 atom stereocenters. The first-order valence-corrected chi connectivity index (χ1v) is 7.60. The van der Waals surface area contributed by atoms with E-state index in [-0.39, 0.29) is 0 Å². The lowest BCUT2D eigenvalue weighted by Gasteiger charge is -2.37. The number of piperidine rings is 1. The monoisotopic (exact) mass is 303 g/mol. The van der Waals surface area contributed by atoms with Gasteiger partial charge in [0.2, 0.25) is 0 Å². The Morgan fingerprint density at radius 2 is 2.05 bits per heavy atom. The van der Waals surface area contributed by atoms with Crippen molar-refractivity contribution >= 4 is 17.6 Å². The van der Waals surface area contributed by atoms with Crippen molar-refractivity contribution in [2.24, 2.45) is 5.41 Å². The topological polar surface area (TPSA) is 83.6 Å². The molecule has 1 saturated heterocycles. The number of rotatable bonds is 3. The Kier molecular flexibility index (Phi) is 3.50. The van der Waals surface area contributed by atoms with Gasteiger partial charge in [0.25, 0.3) is 5.78 Å². The number of carboxylic acid groups (broad SMARTS) is 1. The number of hydrogen-bond acceptors (Lipinski definition) is 5. The standard InChI is InChI=1S/C15H21N5O2/c1-10(2)11-8-12(20-14(18-11)16-9-17-20)19-6-4-15(3,5-7-19)13(21)22/h8-10H,4-7H2,1-3H3,(H,21,22). The Hall–Kier alpha value is -2.18. The zero-order valence-corrected chi connectivity index (χ0v) is 13.2. The number of aliphatic carboxylic acids is 1. The van der Waals surface area contributed by atoms with Gasteiger partial charge in [-0.3, -0.25) is 4.79 Å². The lowest BCUT2D eigenvalue weighted by atomic mass is 9.80. The van der Waals surface area contributed by atoms with Crippen LogP contribution in [0, 0.1) is 5.41 Å². The molecule has 1 aliphatic rings. The average Bonchev–Trinajstić information content (AvgIpc) is 2.95. The van der Waals surface area contributed by atoms with Crippen molar-refractivity contribution in [3.8, 4) is 0 Å². The highest BCUT2D eigenvalue weighted by molar-refractivity contribution is 5.74. The molecule has 3 heterocycles. The van der Waals surface area contributed by atoms with E-state index in [1.54, 1.807) is 4.52 Å². The summed E-state index contributed by atoms with van der Waals surface area (Å²) in [6.45, 7) is 7.40. The van der Waals surface area contributed by atoms with Crippen LogP contribution in [0.15, 0.2) is 12.4 Å². The van der Waals surface area contributed by atoms with E-state index in [9.17, 15) is 9.90 Å². The zero-order valence-electron chi connectivity index (χ0n) is 13.2. The Morgan fingerprint density at radius 3 is 2.64 bits per heavy atom. The summed E-state index contributed by atoms with van der Waals surface area (Å²) in [5.41, 5.74) is 0.341. The molecule has 0 amide bonds. The number of carbonyl (C=O) groups is 1. The van der Waals surface area contributed by atoms with Crippen LogP contribution in [0.4, 0.5) is 5.82 Å². The van der Waals surface area contributed by atoms with Gasteiger partial charge in [-0.1, -0.05) is 13.8 Å². The highest BCUT2D eigenvalue weighted by atomic mass is 16.4. The number of anilines is 1. The van der Waals surface area contributed by atoms with Crippen LogP contribution in [-0.2, 0) is 4.79 Å². The lowest BCUT2D eigenvalue weighted by Crippen LogP contribution is -2.43. The number of carboxylic acids is 1. The van der Waals surface area contributed by atoms with E-state index < -0.39 is 11.4 Å². The van der Waals surface area contributed by atoms with Gasteiger partial charge in [-0.15, -0.1) is 0 Å². The van der Waals surface area contributed by atoms with Gasteiger partial charge in [0.1, 0.15) is 12.1 Å². The van der Waals surface area contributed by atoms with Crippen LogP contribution in [-0.4, -0.2) is 43.7 Å². The smallest absolute Gasteiger partial charge is 0.309 e. The van der Waals surface area contributed by atoms with Crippen molar-refractivity contribution in [1.29, 1.82) is 0 Å². The SMILES string of the molecule is CC(C)c1cc(N2CCC(C)(C(=O)O)CC2)n2ncnc2n1. The molecule has 0 spiro atoms. The van der Waals surface area contributed by atoms with E-state index in [2.05, 4.69) is 33.8 Å². The number of nitrogens with zero attached hydrogens (tertiary/aromatic N) is 5. The molecule has 118 valence electrons. The summed E-state index contributed by atoms with van der Waals surface area (Å²) in [6.07, 6.45) is 2.75. The summed E-state index contributed by atoms with van der Waals surface area (Å²) < 4.78 is 1.73. The summed E-state index contributed by atoms with van der Waals surface area (Å²) in [5.74, 6) is 1.12. The van der Waals surface area contributed by atoms with Gasteiger partial charge >= 0.3 is 5.97 Å². The second kappa shape index (κ2) is 5.23. The quantitative estimate of drug-likeness (QED) is 0.933. The van der Waals surface area contributed by atoms with Crippen LogP contribution >= 0.6 is 0 Å². The normalized spacial score (nSPS) is 18.1. The summed E-state index contributed by atoms with van der Waals surface area (Å²) in [5, 5.41) is 13.6. The predicted molar refractivity (Wildman–Crippen MR) is 82.1 cm³/mol. The molecule has 22 heavy (non-hydrogen) atoms. The van der Waals surface area contributed by atoms with Crippen molar-refractivity contribution in [2.45, 2.75) is 39.5 Å². The van der Waals surface area contributed by atoms with Crippen LogP contribution in [0.5, 0.6) is 0 Å². The minimum Gasteiger partial charge on any atom is -0.481 e. The Morgan fingerprint density at radius 1 is 1.36 bits per heavy atom. The van der Waals surface area contributed by atoms with Crippen LogP contribution in [0.3, 0.4) is 0 Å². The van der Waals surface area contributed by atoms with Crippen molar-refractivity contribution < 1.29 is 9.90 Å². The van der Waals surface area contributed by atoms with E-state index in [4.69, 9.17) is 0 Å². The molecule has 0 unspecified atom stereocenters. The molecule has 2 aromatic heterocycles. The summed E-state index contributed by atoms with van der Waals surface area (Å²) in [4.78, 5) is 22.3. The van der Waals surface area contributed by atoms with Crippen LogP contribution in [0.2, 0.25) is 0 Å². The molecule has 7 heteroatoms. The summed E-state index contributed by atoms with van der Waals surface area (Å²) in [7, 11) is 0. The van der Waals surface area contributed by atoms with Gasteiger partial charge in [-0.2, -0.15) is 14.6 Å². The molecule has 0 radical (unpaired) electrons. The van der Waals surface area contributed by atoms with Crippen LogP contribution in [0.1, 0.15) is 45.2 Å². The minimum atomic E-state index is -0.712. The van der Waals surface area contributed by atoms with Gasteiger partial charge in [0.15, 0.2) is 0 Å². The first kappa shape index (κ1) is 14.7. The molecule has 0 saturated carbocycles. The van der Waals surface area contributed by atoms with E-state index in [0.29, 0.717) is 37.6 Å². The highest BCUT2D eigenvalue weighted by Gasteiger charge is 2.37. The largest absolute Gasteiger partial charge is 0.481 e. The molecule has 1 aliphatic heterocycles. The summed E-state index contributed by atoms with van der Waals surface area (Å²) >= 11 is 0. The molecule has 2 aromatic rings. The van der Waals surface area contributed by atoms with Crippen molar-refractivity contribution in [2.75, 3.05) is 18.0 Å². The third kappa shape index (κ3) is 2.40. The van der Waals surface area contributed by atoms with Gasteiger partial charge in [0, 0.05) is 19.2 Å².